The molecule has 0 bridgehead atoms. The van der Waals surface area contributed by atoms with Crippen LogP contribution in [-0.2, 0) is 0 Å². The normalized spacial score (nSPS) is 11.3. The van der Waals surface area contributed by atoms with E-state index in [1.165, 1.54) is 0 Å². The number of nitriles is 2. The van der Waals surface area contributed by atoms with Gasteiger partial charge in [-0.2, -0.15) is 10.5 Å². The van der Waals surface area contributed by atoms with Crippen molar-refractivity contribution in [3.63, 3.8) is 0 Å². The van der Waals surface area contributed by atoms with Crippen molar-refractivity contribution in [2.75, 3.05) is 0 Å². The first-order chi connectivity index (χ1) is 20.7. The van der Waals surface area contributed by atoms with Gasteiger partial charge >= 0.3 is 0 Å². The Balaban J connectivity index is 1.40. The van der Waals surface area contributed by atoms with E-state index in [9.17, 15) is 10.5 Å². The van der Waals surface area contributed by atoms with Crippen molar-refractivity contribution in [3.05, 3.63) is 132 Å². The van der Waals surface area contributed by atoms with Gasteiger partial charge in [-0.05, 0) is 88.5 Å². The lowest BCUT2D eigenvalue weighted by Crippen LogP contribution is -1.89. The van der Waals surface area contributed by atoms with Gasteiger partial charge in [0, 0.05) is 27.1 Å². The molecule has 4 nitrogen and oxygen atoms in total. The fraction of sp³-hybridized carbons (Fsp3) is 0. The smallest absolute Gasteiger partial charge is 0.143 e. The number of para-hydroxylation sites is 2. The second-order valence-corrected chi connectivity index (χ2v) is 10.4. The minimum Gasteiger partial charge on any atom is -0.456 e. The third kappa shape index (κ3) is 3.68. The minimum absolute atomic E-state index is 0.593. The molecule has 0 aliphatic heterocycles. The van der Waals surface area contributed by atoms with Crippen LogP contribution in [0, 0.1) is 22.7 Å². The predicted molar refractivity (Wildman–Crippen MR) is 167 cm³/mol. The molecule has 0 fully saturated rings. The lowest BCUT2D eigenvalue weighted by molar-refractivity contribution is 0.669. The van der Waals surface area contributed by atoms with E-state index in [0.717, 1.165) is 77.3 Å². The zero-order valence-electron chi connectivity index (χ0n) is 22.3. The van der Waals surface area contributed by atoms with E-state index in [1.807, 2.05) is 72.8 Å². The van der Waals surface area contributed by atoms with Crippen LogP contribution in [0.4, 0.5) is 0 Å². The molecule has 194 valence electrons. The summed E-state index contributed by atoms with van der Waals surface area (Å²) in [7, 11) is 0. The van der Waals surface area contributed by atoms with Gasteiger partial charge in [-0.3, -0.25) is 0 Å². The third-order valence-corrected chi connectivity index (χ3v) is 7.94. The molecule has 0 N–H and O–H groups in total. The molecule has 0 aliphatic carbocycles. The molecule has 0 spiro atoms. The Morgan fingerprint density at radius 3 is 1.98 bits per heavy atom. The number of hydrogen-bond acceptors (Lipinski definition) is 4. The summed E-state index contributed by atoms with van der Waals surface area (Å²) >= 11 is 0. The Bertz CT molecular complexity index is 2450. The van der Waals surface area contributed by atoms with E-state index in [-0.39, 0.29) is 0 Å². The van der Waals surface area contributed by atoms with E-state index in [4.69, 9.17) is 8.83 Å². The molecular weight excluding hydrogens is 516 g/mol. The summed E-state index contributed by atoms with van der Waals surface area (Å²) < 4.78 is 12.5. The van der Waals surface area contributed by atoms with Gasteiger partial charge in [0.1, 0.15) is 22.3 Å². The first-order valence-corrected chi connectivity index (χ1v) is 13.6. The third-order valence-electron chi connectivity index (χ3n) is 7.94. The average molecular weight is 537 g/mol. The first-order valence-electron chi connectivity index (χ1n) is 13.6. The summed E-state index contributed by atoms with van der Waals surface area (Å²) in [6.45, 7) is 0. The van der Waals surface area contributed by atoms with Gasteiger partial charge in [-0.15, -0.1) is 0 Å². The van der Waals surface area contributed by atoms with Crippen molar-refractivity contribution in [3.8, 4) is 45.5 Å². The zero-order valence-corrected chi connectivity index (χ0v) is 22.3. The molecule has 0 unspecified atom stereocenters. The summed E-state index contributed by atoms with van der Waals surface area (Å²) in [6, 6.07) is 44.6. The summed E-state index contributed by atoms with van der Waals surface area (Å²) in [5.74, 6) is 0. The highest BCUT2D eigenvalue weighted by Crippen LogP contribution is 2.41. The molecule has 8 aromatic rings. The number of hydrogen-bond donors (Lipinski definition) is 0. The van der Waals surface area contributed by atoms with E-state index in [2.05, 4.69) is 54.6 Å². The highest BCUT2D eigenvalue weighted by molar-refractivity contribution is 6.10. The molecule has 0 amide bonds. The van der Waals surface area contributed by atoms with Crippen molar-refractivity contribution in [2.45, 2.75) is 0 Å². The van der Waals surface area contributed by atoms with Crippen molar-refractivity contribution in [1.29, 1.82) is 10.5 Å². The van der Waals surface area contributed by atoms with Gasteiger partial charge in [-0.25, -0.2) is 0 Å². The lowest BCUT2D eigenvalue weighted by Gasteiger charge is -2.12. The monoisotopic (exact) mass is 536 g/mol. The minimum atomic E-state index is 0.593. The van der Waals surface area contributed by atoms with Crippen molar-refractivity contribution in [1.82, 2.24) is 0 Å². The van der Waals surface area contributed by atoms with Crippen molar-refractivity contribution in [2.24, 2.45) is 0 Å². The maximum Gasteiger partial charge on any atom is 0.143 e. The Kier molecular flexibility index (Phi) is 5.22. The molecule has 4 heteroatoms. The first kappa shape index (κ1) is 23.8. The summed E-state index contributed by atoms with van der Waals surface area (Å²) in [5.41, 5.74) is 10.2. The SMILES string of the molecule is N#Cc1ccc2oc3c(-c4cc(-c5ccc6oc7ccccc7c6c5)cc(-c5ccccc5C#N)c4)cccc3c2c1. The van der Waals surface area contributed by atoms with E-state index >= 15 is 0 Å². The van der Waals surface area contributed by atoms with Crippen molar-refractivity contribution < 1.29 is 8.83 Å². The Labute approximate surface area is 240 Å². The Morgan fingerprint density at radius 1 is 0.429 bits per heavy atom. The molecule has 8 rings (SSSR count). The predicted octanol–water partition coefficient (Wildman–Crippen LogP) is 10.2. The van der Waals surface area contributed by atoms with E-state index in [0.29, 0.717) is 11.1 Å². The summed E-state index contributed by atoms with van der Waals surface area (Å²) in [5, 5.41) is 23.4. The molecule has 42 heavy (non-hydrogen) atoms. The van der Waals surface area contributed by atoms with E-state index in [1.54, 1.807) is 6.07 Å². The largest absolute Gasteiger partial charge is 0.456 e. The Morgan fingerprint density at radius 2 is 1.10 bits per heavy atom. The maximum absolute atomic E-state index is 9.91. The maximum atomic E-state index is 9.91. The number of furan rings is 2. The van der Waals surface area contributed by atoms with Crippen LogP contribution in [0.2, 0.25) is 0 Å². The van der Waals surface area contributed by atoms with Gasteiger partial charge < -0.3 is 8.83 Å². The molecule has 0 aliphatic rings. The van der Waals surface area contributed by atoms with Gasteiger partial charge in [0.15, 0.2) is 0 Å². The van der Waals surface area contributed by atoms with Crippen molar-refractivity contribution >= 4 is 43.9 Å². The number of benzene rings is 6. The molecule has 2 aromatic heterocycles. The van der Waals surface area contributed by atoms with Crippen LogP contribution in [0.15, 0.2) is 130 Å². The van der Waals surface area contributed by atoms with Crippen LogP contribution < -0.4 is 0 Å². The molecule has 0 atom stereocenters. The number of fused-ring (bicyclic) bond motifs is 6. The quantitative estimate of drug-likeness (QED) is 0.225. The van der Waals surface area contributed by atoms with Gasteiger partial charge in [0.05, 0.1) is 23.3 Å². The molecular formula is C38H20N2O2. The van der Waals surface area contributed by atoms with Crippen LogP contribution in [-0.4, -0.2) is 0 Å². The average Bonchev–Trinajstić information content (AvgIpc) is 3.62. The molecule has 2 heterocycles. The highest BCUT2D eigenvalue weighted by Gasteiger charge is 2.16. The zero-order chi connectivity index (χ0) is 28.2. The van der Waals surface area contributed by atoms with Crippen LogP contribution in [0.25, 0.3) is 77.3 Å². The summed E-state index contributed by atoms with van der Waals surface area (Å²) in [6.07, 6.45) is 0. The van der Waals surface area contributed by atoms with Crippen LogP contribution in [0.5, 0.6) is 0 Å². The fourth-order valence-corrected chi connectivity index (χ4v) is 5.94. The highest BCUT2D eigenvalue weighted by atomic mass is 16.3. The molecule has 0 radical (unpaired) electrons. The second-order valence-electron chi connectivity index (χ2n) is 10.4. The van der Waals surface area contributed by atoms with Crippen LogP contribution in [0.3, 0.4) is 0 Å². The fourth-order valence-electron chi connectivity index (χ4n) is 5.94. The standard InChI is InChI=1S/C38H20N2O2/c39-21-23-12-14-37-33(16-23)32-10-5-9-30(38(32)42-37)28-18-26(17-27(19-28)29-7-2-1-6-25(29)22-40)24-13-15-36-34(20-24)31-8-3-4-11-35(31)41-36/h1-20H. The van der Waals surface area contributed by atoms with Crippen LogP contribution >= 0.6 is 0 Å². The summed E-state index contributed by atoms with van der Waals surface area (Å²) in [4.78, 5) is 0. The topological polar surface area (TPSA) is 73.9 Å². The second kappa shape index (κ2) is 9.24. The van der Waals surface area contributed by atoms with Gasteiger partial charge in [0.2, 0.25) is 0 Å². The molecule has 0 saturated heterocycles. The van der Waals surface area contributed by atoms with Gasteiger partial charge in [-0.1, -0.05) is 60.7 Å². The molecule has 6 aromatic carbocycles. The molecule has 0 saturated carbocycles. The number of rotatable bonds is 3. The van der Waals surface area contributed by atoms with E-state index < -0.39 is 0 Å². The lowest BCUT2D eigenvalue weighted by atomic mass is 9.91. The van der Waals surface area contributed by atoms with Gasteiger partial charge in [0.25, 0.3) is 0 Å². The Hall–Kier alpha value is -6.10. The van der Waals surface area contributed by atoms with Crippen LogP contribution in [0.1, 0.15) is 11.1 Å². The number of nitrogens with zero attached hydrogens (tertiary/aromatic N) is 2.